The fourth-order valence-corrected chi connectivity index (χ4v) is 3.76. The molecule has 1 amide bonds. The summed E-state index contributed by atoms with van der Waals surface area (Å²) in [5.74, 6) is -1.28. The number of rotatable bonds is 6. The highest BCUT2D eigenvalue weighted by atomic mass is 16.3. The number of amides is 1. The standard InChI is InChI=1S/C25H22N2O3/c1-17-7-10-20(11-8-17)27-23(19-13-15-26-16-14-19)22(24(29)25(27)30)21(28)12-9-18-5-3-2-4-6-18/h2-8,10-11,13-16,23,29H,9,12H2,1H3. The molecule has 4 rings (SSSR count). The summed E-state index contributed by atoms with van der Waals surface area (Å²) in [7, 11) is 0. The van der Waals surface area contributed by atoms with E-state index in [-0.39, 0.29) is 17.8 Å². The summed E-state index contributed by atoms with van der Waals surface area (Å²) >= 11 is 0. The minimum absolute atomic E-state index is 0.141. The largest absolute Gasteiger partial charge is 0.503 e. The second kappa shape index (κ2) is 8.33. The van der Waals surface area contributed by atoms with E-state index in [0.29, 0.717) is 12.1 Å². The maximum absolute atomic E-state index is 13.2. The van der Waals surface area contributed by atoms with E-state index in [2.05, 4.69) is 4.98 Å². The summed E-state index contributed by atoms with van der Waals surface area (Å²) in [5.41, 5.74) is 3.59. The first kappa shape index (κ1) is 19.6. The fourth-order valence-electron chi connectivity index (χ4n) is 3.76. The van der Waals surface area contributed by atoms with E-state index in [4.69, 9.17) is 0 Å². The van der Waals surface area contributed by atoms with Crippen LogP contribution in [-0.2, 0) is 16.0 Å². The Kier molecular flexibility index (Phi) is 5.44. The highest BCUT2D eigenvalue weighted by Gasteiger charge is 2.44. The Hall–Kier alpha value is -3.73. The number of Topliss-reactive ketones (excluding diaryl/α,β-unsaturated/α-hetero) is 1. The first-order valence-electron chi connectivity index (χ1n) is 9.86. The summed E-state index contributed by atoms with van der Waals surface area (Å²) in [6.07, 6.45) is 3.99. The van der Waals surface area contributed by atoms with Crippen molar-refractivity contribution in [1.82, 2.24) is 4.98 Å². The molecule has 30 heavy (non-hydrogen) atoms. The summed E-state index contributed by atoms with van der Waals surface area (Å²) in [5, 5.41) is 10.7. The number of carbonyl (C=O) groups excluding carboxylic acids is 2. The lowest BCUT2D eigenvalue weighted by Gasteiger charge is -2.27. The Bertz CT molecular complexity index is 1090. The van der Waals surface area contributed by atoms with Gasteiger partial charge in [0.05, 0.1) is 11.6 Å². The van der Waals surface area contributed by atoms with Gasteiger partial charge in [-0.3, -0.25) is 19.5 Å². The van der Waals surface area contributed by atoms with Crippen LogP contribution >= 0.6 is 0 Å². The van der Waals surface area contributed by atoms with Crippen LogP contribution in [0.25, 0.3) is 0 Å². The van der Waals surface area contributed by atoms with Gasteiger partial charge in [-0.05, 0) is 48.7 Å². The second-order valence-electron chi connectivity index (χ2n) is 7.36. The van der Waals surface area contributed by atoms with Crippen LogP contribution in [0.5, 0.6) is 0 Å². The van der Waals surface area contributed by atoms with Crippen molar-refractivity contribution < 1.29 is 14.7 Å². The SMILES string of the molecule is Cc1ccc(N2C(=O)C(O)=C(C(=O)CCc3ccccc3)C2c2ccncc2)cc1. The molecule has 1 N–H and O–H groups in total. The van der Waals surface area contributed by atoms with E-state index in [1.54, 1.807) is 24.5 Å². The van der Waals surface area contributed by atoms with Crippen LogP contribution in [0.4, 0.5) is 5.69 Å². The number of anilines is 1. The van der Waals surface area contributed by atoms with Gasteiger partial charge < -0.3 is 5.11 Å². The third-order valence-corrected chi connectivity index (χ3v) is 5.33. The van der Waals surface area contributed by atoms with Gasteiger partial charge in [0.2, 0.25) is 0 Å². The molecule has 3 aromatic rings. The third-order valence-electron chi connectivity index (χ3n) is 5.33. The average Bonchev–Trinajstić information content (AvgIpc) is 3.05. The van der Waals surface area contributed by atoms with E-state index in [0.717, 1.165) is 16.7 Å². The van der Waals surface area contributed by atoms with Crippen molar-refractivity contribution in [3.05, 3.63) is 107 Å². The molecule has 1 aliphatic heterocycles. The van der Waals surface area contributed by atoms with Gasteiger partial charge in [0.1, 0.15) is 0 Å². The molecule has 5 nitrogen and oxygen atoms in total. The van der Waals surface area contributed by atoms with Gasteiger partial charge in [-0.15, -0.1) is 0 Å². The number of benzene rings is 2. The Morgan fingerprint density at radius 1 is 1.00 bits per heavy atom. The molecule has 0 radical (unpaired) electrons. The predicted octanol–water partition coefficient (Wildman–Crippen LogP) is 4.49. The van der Waals surface area contributed by atoms with Gasteiger partial charge in [-0.25, -0.2) is 0 Å². The molecule has 5 heteroatoms. The lowest BCUT2D eigenvalue weighted by atomic mass is 9.93. The van der Waals surface area contributed by atoms with E-state index in [9.17, 15) is 14.7 Å². The summed E-state index contributed by atoms with van der Waals surface area (Å²) in [4.78, 5) is 31.7. The number of nitrogens with zero attached hydrogens (tertiary/aromatic N) is 2. The molecule has 1 atom stereocenters. The van der Waals surface area contributed by atoms with E-state index >= 15 is 0 Å². The van der Waals surface area contributed by atoms with Crippen LogP contribution in [-0.4, -0.2) is 21.8 Å². The maximum atomic E-state index is 13.2. The molecular weight excluding hydrogens is 376 g/mol. The normalized spacial score (nSPS) is 16.2. The minimum Gasteiger partial charge on any atom is -0.503 e. The summed E-state index contributed by atoms with van der Waals surface area (Å²) < 4.78 is 0. The van der Waals surface area contributed by atoms with Gasteiger partial charge in [-0.2, -0.15) is 0 Å². The van der Waals surface area contributed by atoms with Crippen molar-refractivity contribution in [2.45, 2.75) is 25.8 Å². The number of pyridine rings is 1. The second-order valence-corrected chi connectivity index (χ2v) is 7.36. The third kappa shape index (κ3) is 3.74. The maximum Gasteiger partial charge on any atom is 0.294 e. The van der Waals surface area contributed by atoms with Crippen LogP contribution in [0.2, 0.25) is 0 Å². The molecule has 0 saturated carbocycles. The Morgan fingerprint density at radius 3 is 2.33 bits per heavy atom. The Balaban J connectivity index is 1.70. The van der Waals surface area contributed by atoms with Gasteiger partial charge in [0.25, 0.3) is 5.91 Å². The predicted molar refractivity (Wildman–Crippen MR) is 115 cm³/mol. The quantitative estimate of drug-likeness (QED) is 0.664. The number of aliphatic hydroxyl groups excluding tert-OH is 1. The first-order valence-corrected chi connectivity index (χ1v) is 9.86. The minimum atomic E-state index is -0.688. The molecule has 0 fully saturated rings. The van der Waals surface area contributed by atoms with E-state index in [1.807, 2.05) is 61.5 Å². The van der Waals surface area contributed by atoms with Crippen LogP contribution in [0.3, 0.4) is 0 Å². The number of aromatic nitrogens is 1. The topological polar surface area (TPSA) is 70.5 Å². The zero-order valence-electron chi connectivity index (χ0n) is 16.7. The zero-order valence-corrected chi connectivity index (χ0v) is 16.7. The van der Waals surface area contributed by atoms with Crippen molar-refractivity contribution in [2.24, 2.45) is 0 Å². The first-order chi connectivity index (χ1) is 14.6. The number of ketones is 1. The van der Waals surface area contributed by atoms with Crippen LogP contribution in [0.1, 0.15) is 29.2 Å². The number of aliphatic hydroxyl groups is 1. The number of carbonyl (C=O) groups is 2. The average molecular weight is 398 g/mol. The molecule has 1 aromatic heterocycles. The van der Waals surface area contributed by atoms with Crippen molar-refractivity contribution in [1.29, 1.82) is 0 Å². The highest BCUT2D eigenvalue weighted by molar-refractivity contribution is 6.16. The molecule has 2 heterocycles. The van der Waals surface area contributed by atoms with Crippen molar-refractivity contribution in [2.75, 3.05) is 4.90 Å². The van der Waals surface area contributed by atoms with Gasteiger partial charge in [0.15, 0.2) is 11.5 Å². The summed E-state index contributed by atoms with van der Waals surface area (Å²) in [6, 6.07) is 20.0. The van der Waals surface area contributed by atoms with Crippen molar-refractivity contribution in [3.8, 4) is 0 Å². The molecule has 150 valence electrons. The fraction of sp³-hybridized carbons (Fsp3) is 0.160. The molecule has 2 aromatic carbocycles. The highest BCUT2D eigenvalue weighted by Crippen LogP contribution is 2.41. The summed E-state index contributed by atoms with van der Waals surface area (Å²) in [6.45, 7) is 1.96. The monoisotopic (exact) mass is 398 g/mol. The molecule has 1 unspecified atom stereocenters. The molecular formula is C25H22N2O3. The number of hydrogen-bond acceptors (Lipinski definition) is 4. The van der Waals surface area contributed by atoms with Crippen molar-refractivity contribution >= 4 is 17.4 Å². The van der Waals surface area contributed by atoms with Crippen LogP contribution in [0.15, 0.2) is 90.5 Å². The van der Waals surface area contributed by atoms with Gasteiger partial charge >= 0.3 is 0 Å². The van der Waals surface area contributed by atoms with Gasteiger partial charge in [-0.1, -0.05) is 48.0 Å². The van der Waals surface area contributed by atoms with E-state index < -0.39 is 17.7 Å². The lowest BCUT2D eigenvalue weighted by Crippen LogP contribution is -2.31. The lowest BCUT2D eigenvalue weighted by molar-refractivity contribution is -0.118. The van der Waals surface area contributed by atoms with Crippen LogP contribution < -0.4 is 4.90 Å². The Labute approximate surface area is 175 Å². The smallest absolute Gasteiger partial charge is 0.294 e. The molecule has 0 spiro atoms. The number of aryl methyl sites for hydroxylation is 2. The molecule has 0 bridgehead atoms. The Morgan fingerprint density at radius 2 is 1.67 bits per heavy atom. The number of hydrogen-bond donors (Lipinski definition) is 1. The zero-order chi connectivity index (χ0) is 21.1. The molecule has 0 aliphatic carbocycles. The van der Waals surface area contributed by atoms with Crippen LogP contribution in [0, 0.1) is 6.92 Å². The van der Waals surface area contributed by atoms with Gasteiger partial charge in [0, 0.05) is 24.5 Å². The van der Waals surface area contributed by atoms with E-state index in [1.165, 1.54) is 4.90 Å². The van der Waals surface area contributed by atoms with Crippen molar-refractivity contribution in [3.63, 3.8) is 0 Å². The molecule has 1 aliphatic rings. The molecule has 0 saturated heterocycles.